The Morgan fingerprint density at radius 2 is 1.90 bits per heavy atom. The highest BCUT2D eigenvalue weighted by atomic mass is 16.2. The number of carbonyl (C=O) groups excluding carboxylic acids is 2. The maximum atomic E-state index is 12.0. The van der Waals surface area contributed by atoms with Crippen LogP contribution in [0.1, 0.15) is 30.4 Å². The van der Waals surface area contributed by atoms with Gasteiger partial charge in [0.25, 0.3) is 0 Å². The van der Waals surface area contributed by atoms with Gasteiger partial charge in [0.1, 0.15) is 0 Å². The van der Waals surface area contributed by atoms with E-state index < -0.39 is 0 Å². The van der Waals surface area contributed by atoms with Crippen LogP contribution in [0, 0.1) is 19.8 Å². The van der Waals surface area contributed by atoms with E-state index >= 15 is 0 Å². The van der Waals surface area contributed by atoms with Crippen molar-refractivity contribution in [1.29, 1.82) is 0 Å². The van der Waals surface area contributed by atoms with Gasteiger partial charge in [-0.3, -0.25) is 9.59 Å². The van der Waals surface area contributed by atoms with Gasteiger partial charge >= 0.3 is 0 Å². The Kier molecular flexibility index (Phi) is 5.14. The molecular weight excluding hydrogens is 264 g/mol. The lowest BCUT2D eigenvalue weighted by Gasteiger charge is -2.17. The molecular formula is C17H22N2O2. The number of benzene rings is 1. The second-order valence-electron chi connectivity index (χ2n) is 5.51. The highest BCUT2D eigenvalue weighted by Crippen LogP contribution is 2.19. The molecule has 2 rings (SSSR count). The molecule has 2 amide bonds. The summed E-state index contributed by atoms with van der Waals surface area (Å²) in [4.78, 5) is 23.9. The molecule has 0 saturated heterocycles. The Labute approximate surface area is 125 Å². The summed E-state index contributed by atoms with van der Waals surface area (Å²) in [7, 11) is 0. The first-order valence-corrected chi connectivity index (χ1v) is 7.36. The van der Waals surface area contributed by atoms with Crippen LogP contribution in [0.2, 0.25) is 0 Å². The summed E-state index contributed by atoms with van der Waals surface area (Å²) in [6.07, 6.45) is 6.69. The number of hydrogen-bond acceptors (Lipinski definition) is 2. The Morgan fingerprint density at radius 1 is 1.19 bits per heavy atom. The van der Waals surface area contributed by atoms with Crippen molar-refractivity contribution in [3.8, 4) is 0 Å². The van der Waals surface area contributed by atoms with Gasteiger partial charge < -0.3 is 10.6 Å². The summed E-state index contributed by atoms with van der Waals surface area (Å²) in [5.41, 5.74) is 2.87. The van der Waals surface area contributed by atoms with E-state index in [1.807, 2.05) is 38.1 Å². The minimum absolute atomic E-state index is 0.00278. The molecule has 2 N–H and O–H groups in total. The molecule has 0 spiro atoms. The van der Waals surface area contributed by atoms with Gasteiger partial charge in [0.15, 0.2) is 0 Å². The molecule has 1 aliphatic carbocycles. The number of para-hydroxylation sites is 1. The molecule has 112 valence electrons. The van der Waals surface area contributed by atoms with E-state index in [0.29, 0.717) is 0 Å². The number of amides is 2. The molecule has 0 unspecified atom stereocenters. The second kappa shape index (κ2) is 7.07. The molecule has 0 fully saturated rings. The van der Waals surface area contributed by atoms with Crippen molar-refractivity contribution in [2.75, 3.05) is 11.9 Å². The van der Waals surface area contributed by atoms with E-state index in [1.165, 1.54) is 0 Å². The summed E-state index contributed by atoms with van der Waals surface area (Å²) in [6, 6.07) is 5.86. The molecule has 21 heavy (non-hydrogen) atoms. The minimum Gasteiger partial charge on any atom is -0.347 e. The van der Waals surface area contributed by atoms with Gasteiger partial charge in [0.2, 0.25) is 11.8 Å². The molecule has 0 aromatic heterocycles. The van der Waals surface area contributed by atoms with Crippen LogP contribution in [0.3, 0.4) is 0 Å². The van der Waals surface area contributed by atoms with E-state index in [1.54, 1.807) is 0 Å². The molecule has 1 aromatic rings. The van der Waals surface area contributed by atoms with Gasteiger partial charge in [-0.2, -0.15) is 0 Å². The third-order valence-electron chi connectivity index (χ3n) is 3.81. The van der Waals surface area contributed by atoms with E-state index in [4.69, 9.17) is 0 Å². The van der Waals surface area contributed by atoms with Crippen molar-refractivity contribution < 1.29 is 9.59 Å². The first-order valence-electron chi connectivity index (χ1n) is 7.36. The third kappa shape index (κ3) is 4.18. The molecule has 0 saturated carbocycles. The number of nitrogens with one attached hydrogen (secondary N) is 2. The highest BCUT2D eigenvalue weighted by Gasteiger charge is 2.19. The zero-order valence-corrected chi connectivity index (χ0v) is 12.6. The molecule has 0 aliphatic heterocycles. The number of rotatable bonds is 4. The smallest absolute Gasteiger partial charge is 0.243 e. The lowest BCUT2D eigenvalue weighted by molar-refractivity contribution is -0.127. The predicted octanol–water partition coefficient (Wildman–Crippen LogP) is 2.71. The van der Waals surface area contributed by atoms with Crippen molar-refractivity contribution in [3.05, 3.63) is 41.5 Å². The topological polar surface area (TPSA) is 58.2 Å². The van der Waals surface area contributed by atoms with Crippen LogP contribution in [-0.2, 0) is 9.59 Å². The maximum absolute atomic E-state index is 12.0. The van der Waals surface area contributed by atoms with Crippen LogP contribution in [0.5, 0.6) is 0 Å². The average Bonchev–Trinajstić information content (AvgIpc) is 2.49. The molecule has 1 aliphatic rings. The van der Waals surface area contributed by atoms with Gasteiger partial charge in [-0.1, -0.05) is 30.4 Å². The molecule has 0 radical (unpaired) electrons. The normalized spacial score (nSPS) is 17.3. The minimum atomic E-state index is -0.188. The van der Waals surface area contributed by atoms with Crippen LogP contribution in [0.4, 0.5) is 5.69 Å². The first kappa shape index (κ1) is 15.3. The van der Waals surface area contributed by atoms with Crippen LogP contribution in [-0.4, -0.2) is 18.4 Å². The van der Waals surface area contributed by atoms with Gasteiger partial charge in [0.05, 0.1) is 6.54 Å². The van der Waals surface area contributed by atoms with E-state index in [0.717, 1.165) is 36.1 Å². The van der Waals surface area contributed by atoms with Gasteiger partial charge in [-0.05, 0) is 44.2 Å². The van der Waals surface area contributed by atoms with E-state index in [2.05, 4.69) is 16.7 Å². The number of hydrogen-bond donors (Lipinski definition) is 2. The molecule has 1 atom stereocenters. The summed E-state index contributed by atoms with van der Waals surface area (Å²) in [5, 5.41) is 5.60. The Hall–Kier alpha value is -2.10. The lowest BCUT2D eigenvalue weighted by Crippen LogP contribution is -2.37. The van der Waals surface area contributed by atoms with Crippen molar-refractivity contribution in [2.24, 2.45) is 5.92 Å². The maximum Gasteiger partial charge on any atom is 0.243 e. The summed E-state index contributed by atoms with van der Waals surface area (Å²) in [5.74, 6) is -0.217. The van der Waals surface area contributed by atoms with Crippen molar-refractivity contribution in [2.45, 2.75) is 33.1 Å². The SMILES string of the molecule is Cc1cccc(C)c1NC(=O)CNC(=O)[C@@H]1CC=CCC1. The van der Waals surface area contributed by atoms with Crippen molar-refractivity contribution in [1.82, 2.24) is 5.32 Å². The van der Waals surface area contributed by atoms with E-state index in [9.17, 15) is 9.59 Å². The largest absolute Gasteiger partial charge is 0.347 e. The third-order valence-corrected chi connectivity index (χ3v) is 3.81. The second-order valence-corrected chi connectivity index (χ2v) is 5.51. The van der Waals surface area contributed by atoms with Crippen LogP contribution in [0.15, 0.2) is 30.4 Å². The Balaban J connectivity index is 1.85. The number of aryl methyl sites for hydroxylation is 2. The highest BCUT2D eigenvalue weighted by molar-refractivity contribution is 5.96. The summed E-state index contributed by atoms with van der Waals surface area (Å²) < 4.78 is 0. The van der Waals surface area contributed by atoms with Gasteiger partial charge in [-0.15, -0.1) is 0 Å². The zero-order chi connectivity index (χ0) is 15.2. The molecule has 1 aromatic carbocycles. The first-order chi connectivity index (χ1) is 10.1. The summed E-state index contributed by atoms with van der Waals surface area (Å²) in [6.45, 7) is 3.93. The molecule has 4 nitrogen and oxygen atoms in total. The standard InChI is InChI=1S/C17H22N2O2/c1-12-7-6-8-13(2)16(12)19-15(20)11-18-17(21)14-9-4-3-5-10-14/h3-4,6-8,14H,5,9-11H2,1-2H3,(H,18,21)(H,19,20)/t14-/m1/s1. The quantitative estimate of drug-likeness (QED) is 0.836. The average molecular weight is 286 g/mol. The van der Waals surface area contributed by atoms with Crippen molar-refractivity contribution in [3.63, 3.8) is 0 Å². The monoisotopic (exact) mass is 286 g/mol. The lowest BCUT2D eigenvalue weighted by atomic mass is 9.94. The molecule has 4 heteroatoms. The van der Waals surface area contributed by atoms with Crippen LogP contribution in [0.25, 0.3) is 0 Å². The molecule has 0 heterocycles. The molecule has 0 bridgehead atoms. The Bertz CT molecular complexity index is 544. The predicted molar refractivity (Wildman–Crippen MR) is 84.0 cm³/mol. The van der Waals surface area contributed by atoms with E-state index in [-0.39, 0.29) is 24.3 Å². The number of allylic oxidation sites excluding steroid dienone is 2. The fraction of sp³-hybridized carbons (Fsp3) is 0.412. The number of carbonyl (C=O) groups is 2. The van der Waals surface area contributed by atoms with Crippen LogP contribution >= 0.6 is 0 Å². The van der Waals surface area contributed by atoms with Gasteiger partial charge in [0, 0.05) is 11.6 Å². The summed E-state index contributed by atoms with van der Waals surface area (Å²) >= 11 is 0. The van der Waals surface area contributed by atoms with Crippen molar-refractivity contribution >= 4 is 17.5 Å². The van der Waals surface area contributed by atoms with Crippen LogP contribution < -0.4 is 10.6 Å². The fourth-order valence-corrected chi connectivity index (χ4v) is 2.54. The fourth-order valence-electron chi connectivity index (χ4n) is 2.54. The Morgan fingerprint density at radius 3 is 2.52 bits per heavy atom. The zero-order valence-electron chi connectivity index (χ0n) is 12.6. The number of anilines is 1. The van der Waals surface area contributed by atoms with Gasteiger partial charge in [-0.25, -0.2) is 0 Å².